The van der Waals surface area contributed by atoms with Crippen LogP contribution in [0.15, 0.2) is 18.2 Å². The van der Waals surface area contributed by atoms with Gasteiger partial charge in [0, 0.05) is 0 Å². The number of halogens is 2. The third kappa shape index (κ3) is 3.29. The van der Waals surface area contributed by atoms with Crippen molar-refractivity contribution in [2.45, 2.75) is 32.6 Å². The lowest BCUT2D eigenvalue weighted by Gasteiger charge is -2.20. The Bertz CT molecular complexity index is 392. The molecule has 1 fully saturated rings. The molecule has 3 heteroatoms. The fourth-order valence-electron chi connectivity index (χ4n) is 2.95. The maximum Gasteiger partial charge on any atom is 0.159 e. The highest BCUT2D eigenvalue weighted by Crippen LogP contribution is 2.34. The van der Waals surface area contributed by atoms with Crippen LogP contribution in [0.4, 0.5) is 8.78 Å². The molecule has 1 aliphatic rings. The summed E-state index contributed by atoms with van der Waals surface area (Å²) < 4.78 is 26.0. The van der Waals surface area contributed by atoms with Gasteiger partial charge in [0.1, 0.15) is 0 Å². The Morgan fingerprint density at radius 3 is 2.67 bits per heavy atom. The van der Waals surface area contributed by atoms with Gasteiger partial charge in [0.2, 0.25) is 0 Å². The van der Waals surface area contributed by atoms with Crippen LogP contribution in [0.1, 0.15) is 31.7 Å². The zero-order valence-corrected chi connectivity index (χ0v) is 10.9. The second-order valence-corrected chi connectivity index (χ2v) is 5.21. The number of nitrogens with one attached hydrogen (secondary N) is 1. The van der Waals surface area contributed by atoms with Crippen LogP contribution in [-0.4, -0.2) is 13.1 Å². The first-order valence-electron chi connectivity index (χ1n) is 6.85. The average Bonchev–Trinajstić information content (AvgIpc) is 2.79. The van der Waals surface area contributed by atoms with Crippen molar-refractivity contribution in [1.29, 1.82) is 0 Å². The first kappa shape index (κ1) is 13.5. The van der Waals surface area contributed by atoms with Crippen LogP contribution in [0.2, 0.25) is 0 Å². The molecule has 1 aliphatic carbocycles. The molecule has 1 aromatic carbocycles. The molecule has 1 saturated carbocycles. The summed E-state index contributed by atoms with van der Waals surface area (Å²) in [6, 6.07) is 4.29. The summed E-state index contributed by atoms with van der Waals surface area (Å²) in [5.74, 6) is -0.199. The topological polar surface area (TPSA) is 12.0 Å². The van der Waals surface area contributed by atoms with E-state index in [1.165, 1.54) is 31.4 Å². The third-order valence-corrected chi connectivity index (χ3v) is 3.95. The summed E-state index contributed by atoms with van der Waals surface area (Å²) in [4.78, 5) is 0. The largest absolute Gasteiger partial charge is 0.317 e. The van der Waals surface area contributed by atoms with Gasteiger partial charge < -0.3 is 5.32 Å². The van der Waals surface area contributed by atoms with Gasteiger partial charge in [-0.25, -0.2) is 8.78 Å². The highest BCUT2D eigenvalue weighted by atomic mass is 19.2. The monoisotopic (exact) mass is 253 g/mol. The number of benzene rings is 1. The van der Waals surface area contributed by atoms with E-state index in [-0.39, 0.29) is 0 Å². The molecule has 2 rings (SSSR count). The van der Waals surface area contributed by atoms with E-state index in [1.54, 1.807) is 6.07 Å². The minimum absolute atomic E-state index is 0.605. The fraction of sp³-hybridized carbons (Fsp3) is 0.600. The number of rotatable bonds is 5. The maximum absolute atomic E-state index is 13.2. The first-order chi connectivity index (χ1) is 8.70. The van der Waals surface area contributed by atoms with E-state index in [0.717, 1.165) is 25.1 Å². The molecule has 18 heavy (non-hydrogen) atoms. The zero-order chi connectivity index (χ0) is 13.0. The van der Waals surface area contributed by atoms with Crippen LogP contribution in [-0.2, 0) is 6.42 Å². The van der Waals surface area contributed by atoms with Crippen molar-refractivity contribution in [3.63, 3.8) is 0 Å². The normalized spacial score (nSPS) is 23.5. The van der Waals surface area contributed by atoms with Crippen molar-refractivity contribution in [1.82, 2.24) is 5.32 Å². The van der Waals surface area contributed by atoms with Crippen LogP contribution >= 0.6 is 0 Å². The van der Waals surface area contributed by atoms with Gasteiger partial charge in [-0.05, 0) is 61.9 Å². The minimum Gasteiger partial charge on any atom is -0.317 e. The minimum atomic E-state index is -0.755. The van der Waals surface area contributed by atoms with Crippen LogP contribution in [0.3, 0.4) is 0 Å². The Morgan fingerprint density at radius 1 is 1.17 bits per heavy atom. The highest BCUT2D eigenvalue weighted by Gasteiger charge is 2.26. The zero-order valence-electron chi connectivity index (χ0n) is 10.9. The van der Waals surface area contributed by atoms with Gasteiger partial charge in [-0.3, -0.25) is 0 Å². The van der Waals surface area contributed by atoms with Crippen LogP contribution < -0.4 is 5.32 Å². The van der Waals surface area contributed by atoms with E-state index >= 15 is 0 Å². The van der Waals surface area contributed by atoms with Gasteiger partial charge in [0.15, 0.2) is 11.6 Å². The SMILES string of the molecule is CCNCC1CCCC1Cc1ccc(F)c(F)c1. The average molecular weight is 253 g/mol. The van der Waals surface area contributed by atoms with Crippen molar-refractivity contribution in [3.05, 3.63) is 35.4 Å². The Labute approximate surface area is 108 Å². The van der Waals surface area contributed by atoms with Gasteiger partial charge in [-0.15, -0.1) is 0 Å². The van der Waals surface area contributed by atoms with E-state index < -0.39 is 11.6 Å². The van der Waals surface area contributed by atoms with Crippen LogP contribution in [0.25, 0.3) is 0 Å². The molecule has 0 amide bonds. The van der Waals surface area contributed by atoms with Crippen molar-refractivity contribution < 1.29 is 8.78 Å². The van der Waals surface area contributed by atoms with E-state index in [0.29, 0.717) is 11.8 Å². The maximum atomic E-state index is 13.2. The number of hydrogen-bond donors (Lipinski definition) is 1. The van der Waals surface area contributed by atoms with Gasteiger partial charge >= 0.3 is 0 Å². The van der Waals surface area contributed by atoms with E-state index in [4.69, 9.17) is 0 Å². The molecule has 2 unspecified atom stereocenters. The number of hydrogen-bond acceptors (Lipinski definition) is 1. The summed E-state index contributed by atoms with van der Waals surface area (Å²) >= 11 is 0. The lowest BCUT2D eigenvalue weighted by Crippen LogP contribution is -2.26. The molecule has 100 valence electrons. The quantitative estimate of drug-likeness (QED) is 0.846. The Hall–Kier alpha value is -0.960. The van der Waals surface area contributed by atoms with Gasteiger partial charge in [0.05, 0.1) is 0 Å². The van der Waals surface area contributed by atoms with E-state index in [1.807, 2.05) is 0 Å². The summed E-state index contributed by atoms with van der Waals surface area (Å²) in [5.41, 5.74) is 0.919. The van der Waals surface area contributed by atoms with E-state index in [2.05, 4.69) is 12.2 Å². The highest BCUT2D eigenvalue weighted by molar-refractivity contribution is 5.18. The van der Waals surface area contributed by atoms with Crippen molar-refractivity contribution in [3.8, 4) is 0 Å². The van der Waals surface area contributed by atoms with Crippen molar-refractivity contribution in [2.24, 2.45) is 11.8 Å². The van der Waals surface area contributed by atoms with Crippen molar-refractivity contribution in [2.75, 3.05) is 13.1 Å². The summed E-state index contributed by atoms with van der Waals surface area (Å²) in [5, 5.41) is 3.39. The third-order valence-electron chi connectivity index (χ3n) is 3.95. The molecule has 0 spiro atoms. The Kier molecular flexibility index (Phi) is 4.70. The lowest BCUT2D eigenvalue weighted by molar-refractivity contribution is 0.367. The molecule has 2 atom stereocenters. The lowest BCUT2D eigenvalue weighted by atomic mass is 9.89. The molecule has 0 aliphatic heterocycles. The standard InChI is InChI=1S/C15H21F2N/c1-2-18-10-13-5-3-4-12(13)8-11-6-7-14(16)15(17)9-11/h6-7,9,12-13,18H,2-5,8,10H2,1H3. The van der Waals surface area contributed by atoms with E-state index in [9.17, 15) is 8.78 Å². The van der Waals surface area contributed by atoms with Crippen molar-refractivity contribution >= 4 is 0 Å². The van der Waals surface area contributed by atoms with Gasteiger partial charge in [0.25, 0.3) is 0 Å². The molecule has 0 radical (unpaired) electrons. The van der Waals surface area contributed by atoms with Crippen LogP contribution in [0.5, 0.6) is 0 Å². The van der Waals surface area contributed by atoms with Gasteiger partial charge in [-0.1, -0.05) is 19.4 Å². The summed E-state index contributed by atoms with van der Waals surface area (Å²) in [6.07, 6.45) is 4.58. The molecule has 0 bridgehead atoms. The molecule has 0 aromatic heterocycles. The predicted molar refractivity (Wildman–Crippen MR) is 69.4 cm³/mol. The molecular formula is C15H21F2N. The molecule has 0 saturated heterocycles. The summed E-state index contributed by atoms with van der Waals surface area (Å²) in [7, 11) is 0. The van der Waals surface area contributed by atoms with Crippen LogP contribution in [0, 0.1) is 23.5 Å². The predicted octanol–water partition coefficient (Wildman–Crippen LogP) is 3.53. The van der Waals surface area contributed by atoms with Gasteiger partial charge in [-0.2, -0.15) is 0 Å². The first-order valence-corrected chi connectivity index (χ1v) is 6.85. The Balaban J connectivity index is 1.96. The molecule has 1 nitrogen and oxygen atoms in total. The molecule has 1 aromatic rings. The smallest absolute Gasteiger partial charge is 0.159 e. The summed E-state index contributed by atoms with van der Waals surface area (Å²) in [6.45, 7) is 4.15. The second-order valence-electron chi connectivity index (χ2n) is 5.21. The fourth-order valence-corrected chi connectivity index (χ4v) is 2.95. The molecular weight excluding hydrogens is 232 g/mol. The Morgan fingerprint density at radius 2 is 1.94 bits per heavy atom. The molecule has 1 N–H and O–H groups in total. The molecule has 0 heterocycles. The second kappa shape index (κ2) is 6.28.